The number of halogens is 1. The average molecular weight is 208 g/mol. The second-order valence-corrected chi connectivity index (χ2v) is 4.53. The Kier molecular flexibility index (Phi) is 1.77. The number of nitrogens with zero attached hydrogens (tertiary/aromatic N) is 1. The normalized spacial score (nSPS) is 33.5. The van der Waals surface area contributed by atoms with Gasteiger partial charge in [0.2, 0.25) is 0 Å². The van der Waals surface area contributed by atoms with Gasteiger partial charge in [-0.15, -0.1) is 0 Å². The molecule has 0 spiro atoms. The number of alkyl halides is 1. The number of hydrogen-bond acceptors (Lipinski definition) is 2. The molecule has 4 heteroatoms. The summed E-state index contributed by atoms with van der Waals surface area (Å²) in [4.78, 5) is 11.6. The molecule has 3 heterocycles. The highest BCUT2D eigenvalue weighted by Crippen LogP contribution is 2.38. The molecular formula is C11H13FN2O. The first-order valence-electron chi connectivity index (χ1n) is 5.29. The van der Waals surface area contributed by atoms with Crippen molar-refractivity contribution in [2.75, 3.05) is 13.1 Å². The number of hydrogen-bond donors (Lipinski definition) is 1. The third-order valence-electron chi connectivity index (χ3n) is 3.40. The fourth-order valence-corrected chi connectivity index (χ4v) is 2.76. The summed E-state index contributed by atoms with van der Waals surface area (Å²) in [6.45, 7) is 1.78. The van der Waals surface area contributed by atoms with E-state index in [1.54, 1.807) is 16.7 Å². The predicted octanol–water partition coefficient (Wildman–Crippen LogP) is 0.636. The van der Waals surface area contributed by atoms with Crippen molar-refractivity contribution in [1.82, 2.24) is 9.88 Å². The van der Waals surface area contributed by atoms with E-state index in [2.05, 4.69) is 5.32 Å². The molecule has 2 bridgehead atoms. The highest BCUT2D eigenvalue weighted by atomic mass is 19.1. The molecule has 2 atom stereocenters. The molecule has 0 radical (unpaired) electrons. The number of rotatable bonds is 0. The topological polar surface area (TPSA) is 34.0 Å². The van der Waals surface area contributed by atoms with Gasteiger partial charge in [0.05, 0.1) is 5.69 Å². The molecule has 1 N–H and O–H groups in total. The van der Waals surface area contributed by atoms with Crippen LogP contribution in [0.4, 0.5) is 4.39 Å². The van der Waals surface area contributed by atoms with E-state index in [4.69, 9.17) is 0 Å². The molecular weight excluding hydrogens is 195 g/mol. The predicted molar refractivity (Wildman–Crippen MR) is 54.5 cm³/mol. The smallest absolute Gasteiger partial charge is 0.250 e. The van der Waals surface area contributed by atoms with Crippen molar-refractivity contribution in [3.05, 3.63) is 34.2 Å². The van der Waals surface area contributed by atoms with Crippen LogP contribution in [0.25, 0.3) is 0 Å². The molecule has 15 heavy (non-hydrogen) atoms. The average Bonchev–Trinajstić information content (AvgIpc) is 2.20. The minimum atomic E-state index is -1.35. The Morgan fingerprint density at radius 3 is 3.27 bits per heavy atom. The van der Waals surface area contributed by atoms with Crippen LogP contribution in [0.15, 0.2) is 23.0 Å². The van der Waals surface area contributed by atoms with Gasteiger partial charge in [-0.05, 0) is 24.9 Å². The first kappa shape index (κ1) is 9.09. The Hall–Kier alpha value is -1.16. The number of aromatic nitrogens is 1. The molecule has 3 nitrogen and oxygen atoms in total. The maximum atomic E-state index is 14.6. The summed E-state index contributed by atoms with van der Waals surface area (Å²) in [6, 6.07) is 4.87. The van der Waals surface area contributed by atoms with E-state index in [0.29, 0.717) is 25.2 Å². The van der Waals surface area contributed by atoms with E-state index in [0.717, 1.165) is 6.54 Å². The van der Waals surface area contributed by atoms with E-state index in [1.165, 1.54) is 6.07 Å². The summed E-state index contributed by atoms with van der Waals surface area (Å²) in [5.41, 5.74) is -0.888. The molecule has 1 aromatic rings. The van der Waals surface area contributed by atoms with E-state index in [-0.39, 0.29) is 11.5 Å². The van der Waals surface area contributed by atoms with E-state index < -0.39 is 5.67 Å². The lowest BCUT2D eigenvalue weighted by molar-refractivity contribution is 0.0485. The summed E-state index contributed by atoms with van der Waals surface area (Å²) in [5.74, 6) is 0.247. The lowest BCUT2D eigenvalue weighted by atomic mass is 9.82. The Bertz CT molecular complexity index is 456. The van der Waals surface area contributed by atoms with E-state index in [9.17, 15) is 9.18 Å². The first-order chi connectivity index (χ1) is 7.19. The van der Waals surface area contributed by atoms with Crippen LogP contribution in [0, 0.1) is 5.92 Å². The van der Waals surface area contributed by atoms with Gasteiger partial charge < -0.3 is 9.88 Å². The van der Waals surface area contributed by atoms with Crippen LogP contribution < -0.4 is 10.9 Å². The third kappa shape index (κ3) is 1.24. The molecule has 2 unspecified atom stereocenters. The Labute approximate surface area is 86.9 Å². The fourth-order valence-electron chi connectivity index (χ4n) is 2.76. The van der Waals surface area contributed by atoms with Crippen LogP contribution in [0.2, 0.25) is 0 Å². The quantitative estimate of drug-likeness (QED) is 0.678. The molecule has 1 aromatic heterocycles. The molecule has 0 amide bonds. The van der Waals surface area contributed by atoms with Gasteiger partial charge in [0.1, 0.15) is 0 Å². The molecule has 1 fully saturated rings. The summed E-state index contributed by atoms with van der Waals surface area (Å²) in [5, 5.41) is 3.10. The van der Waals surface area contributed by atoms with Gasteiger partial charge in [-0.3, -0.25) is 4.79 Å². The molecule has 2 aliphatic heterocycles. The van der Waals surface area contributed by atoms with Gasteiger partial charge >= 0.3 is 0 Å². The van der Waals surface area contributed by atoms with Gasteiger partial charge in [-0.2, -0.15) is 0 Å². The largest absolute Gasteiger partial charge is 0.313 e. The van der Waals surface area contributed by atoms with Crippen LogP contribution in [-0.4, -0.2) is 17.7 Å². The molecule has 3 rings (SSSR count). The van der Waals surface area contributed by atoms with Crippen LogP contribution in [0.5, 0.6) is 0 Å². The zero-order chi connectivity index (χ0) is 10.5. The number of fused-ring (bicyclic) bond motifs is 4. The monoisotopic (exact) mass is 208 g/mol. The summed E-state index contributed by atoms with van der Waals surface area (Å²) in [6.07, 6.45) is 0.545. The molecule has 0 aliphatic carbocycles. The third-order valence-corrected chi connectivity index (χ3v) is 3.40. The standard InChI is InChI=1S/C11H13FN2O/c12-11-4-8(5-13-7-11)6-14-9(11)2-1-3-10(14)15/h1-3,8,13H,4-7H2. The Morgan fingerprint density at radius 2 is 2.40 bits per heavy atom. The first-order valence-corrected chi connectivity index (χ1v) is 5.29. The maximum Gasteiger partial charge on any atom is 0.250 e. The van der Waals surface area contributed by atoms with Crippen LogP contribution >= 0.6 is 0 Å². The van der Waals surface area contributed by atoms with Crippen molar-refractivity contribution in [2.24, 2.45) is 5.92 Å². The van der Waals surface area contributed by atoms with Gasteiger partial charge in [0.25, 0.3) is 5.56 Å². The lowest BCUT2D eigenvalue weighted by Gasteiger charge is -2.41. The van der Waals surface area contributed by atoms with E-state index in [1.807, 2.05) is 0 Å². The van der Waals surface area contributed by atoms with Crippen molar-refractivity contribution in [3.8, 4) is 0 Å². The number of piperidine rings is 1. The molecule has 2 aliphatic rings. The molecule has 80 valence electrons. The second kappa shape index (κ2) is 2.92. The number of pyridine rings is 1. The van der Waals surface area contributed by atoms with Crippen molar-refractivity contribution in [1.29, 1.82) is 0 Å². The van der Waals surface area contributed by atoms with Crippen LogP contribution in [0.3, 0.4) is 0 Å². The van der Waals surface area contributed by atoms with Gasteiger partial charge in [0, 0.05) is 19.2 Å². The maximum absolute atomic E-state index is 14.6. The Morgan fingerprint density at radius 1 is 1.53 bits per heavy atom. The molecule has 0 aromatic carbocycles. The highest BCUT2D eigenvalue weighted by Gasteiger charge is 2.43. The minimum Gasteiger partial charge on any atom is -0.313 e. The summed E-state index contributed by atoms with van der Waals surface area (Å²) < 4.78 is 16.1. The van der Waals surface area contributed by atoms with E-state index >= 15 is 0 Å². The van der Waals surface area contributed by atoms with Crippen molar-refractivity contribution < 1.29 is 4.39 Å². The summed E-state index contributed by atoms with van der Waals surface area (Å²) >= 11 is 0. The van der Waals surface area contributed by atoms with Crippen LogP contribution in [-0.2, 0) is 12.2 Å². The number of nitrogens with one attached hydrogen (secondary N) is 1. The molecule has 0 saturated carbocycles. The second-order valence-electron chi connectivity index (χ2n) is 4.53. The summed E-state index contributed by atoms with van der Waals surface area (Å²) in [7, 11) is 0. The van der Waals surface area contributed by atoms with Crippen molar-refractivity contribution >= 4 is 0 Å². The minimum absolute atomic E-state index is 0.0823. The Balaban J connectivity index is 2.22. The van der Waals surface area contributed by atoms with Crippen molar-refractivity contribution in [3.63, 3.8) is 0 Å². The van der Waals surface area contributed by atoms with Crippen molar-refractivity contribution in [2.45, 2.75) is 18.6 Å². The highest BCUT2D eigenvalue weighted by molar-refractivity contribution is 5.20. The SMILES string of the molecule is O=c1cccc2n1CC1CNCC2(F)C1. The lowest BCUT2D eigenvalue weighted by Crippen LogP contribution is -2.52. The van der Waals surface area contributed by atoms with Gasteiger partial charge in [-0.25, -0.2) is 4.39 Å². The van der Waals surface area contributed by atoms with Crippen LogP contribution in [0.1, 0.15) is 12.1 Å². The van der Waals surface area contributed by atoms with Gasteiger partial charge in [0.15, 0.2) is 5.67 Å². The van der Waals surface area contributed by atoms with Gasteiger partial charge in [-0.1, -0.05) is 6.07 Å². The molecule has 1 saturated heterocycles. The fraction of sp³-hybridized carbons (Fsp3) is 0.545. The zero-order valence-corrected chi connectivity index (χ0v) is 8.37. The zero-order valence-electron chi connectivity index (χ0n) is 8.37.